The number of nitrogens with zero attached hydrogens (tertiary/aromatic N) is 1. The minimum absolute atomic E-state index is 0.0312. The molecule has 0 aromatic heterocycles. The molecule has 1 fully saturated rings. The van der Waals surface area contributed by atoms with E-state index >= 15 is 0 Å². The zero-order chi connectivity index (χ0) is 23.1. The molecule has 1 heterocycles. The second-order valence-corrected chi connectivity index (χ2v) is 8.09. The van der Waals surface area contributed by atoms with Crippen LogP contribution in [0.1, 0.15) is 33.1 Å². The standard InChI is InChI=1S/C20H28BF3N2O5/c1-12(2)9-18(21(29)30)25-19(28)13(11-31-20(23)24)10-17(27)16-7-8-26(16)15-5-3-14(22)4-6-15/h3-6,12-13,16,18,20,29-30H,7-11H2,1-2H3,(H,25,28)/t13-,16-,18+/m0/s1. The monoisotopic (exact) mass is 444 g/mol. The summed E-state index contributed by atoms with van der Waals surface area (Å²) in [5, 5.41) is 21.4. The van der Waals surface area contributed by atoms with Crippen LogP contribution in [0.25, 0.3) is 0 Å². The summed E-state index contributed by atoms with van der Waals surface area (Å²) in [4.78, 5) is 27.2. The van der Waals surface area contributed by atoms with E-state index < -0.39 is 50.0 Å². The highest BCUT2D eigenvalue weighted by Gasteiger charge is 2.37. The van der Waals surface area contributed by atoms with E-state index in [0.29, 0.717) is 18.7 Å². The van der Waals surface area contributed by atoms with E-state index in [-0.39, 0.29) is 24.5 Å². The Labute approximate surface area is 179 Å². The van der Waals surface area contributed by atoms with Crippen molar-refractivity contribution in [1.82, 2.24) is 5.32 Å². The van der Waals surface area contributed by atoms with Crippen LogP contribution in [0.4, 0.5) is 18.9 Å². The average Bonchev–Trinajstić information content (AvgIpc) is 2.64. The van der Waals surface area contributed by atoms with Crippen molar-refractivity contribution in [2.75, 3.05) is 18.1 Å². The number of nitrogens with one attached hydrogen (secondary N) is 1. The SMILES string of the molecule is CC(C)C[C@@H](NC(=O)[C@H](COC(F)F)CC(=O)[C@@H]1CCN1c1ccc(F)cc1)B(O)O. The first kappa shape index (κ1) is 25.2. The lowest BCUT2D eigenvalue weighted by molar-refractivity contribution is -0.152. The second-order valence-electron chi connectivity index (χ2n) is 8.09. The highest BCUT2D eigenvalue weighted by Crippen LogP contribution is 2.29. The smallest absolute Gasteiger partial charge is 0.426 e. The van der Waals surface area contributed by atoms with E-state index in [4.69, 9.17) is 0 Å². The van der Waals surface area contributed by atoms with Gasteiger partial charge in [0.05, 0.1) is 24.5 Å². The maximum Gasteiger partial charge on any atom is 0.475 e. The third-order valence-electron chi connectivity index (χ3n) is 5.20. The van der Waals surface area contributed by atoms with E-state index in [0.717, 1.165) is 0 Å². The predicted molar refractivity (Wildman–Crippen MR) is 109 cm³/mol. The van der Waals surface area contributed by atoms with Crippen LogP contribution in [-0.4, -0.2) is 60.6 Å². The third-order valence-corrected chi connectivity index (χ3v) is 5.20. The molecule has 172 valence electrons. The summed E-state index contributed by atoms with van der Waals surface area (Å²) in [6, 6.07) is 5.08. The summed E-state index contributed by atoms with van der Waals surface area (Å²) >= 11 is 0. The number of carbonyl (C=O) groups is 2. The maximum absolute atomic E-state index is 13.1. The van der Waals surface area contributed by atoms with Gasteiger partial charge in [-0.3, -0.25) is 9.59 Å². The molecule has 0 aliphatic carbocycles. The van der Waals surface area contributed by atoms with Crippen LogP contribution >= 0.6 is 0 Å². The van der Waals surface area contributed by atoms with Gasteiger partial charge in [0.15, 0.2) is 5.78 Å². The molecule has 1 aliphatic heterocycles. The molecule has 1 saturated heterocycles. The predicted octanol–water partition coefficient (Wildman–Crippen LogP) is 1.76. The molecule has 3 atom stereocenters. The van der Waals surface area contributed by atoms with Crippen LogP contribution in [-0.2, 0) is 14.3 Å². The summed E-state index contributed by atoms with van der Waals surface area (Å²) in [6.45, 7) is 0.417. The number of ether oxygens (including phenoxy) is 1. The van der Waals surface area contributed by atoms with Crippen molar-refractivity contribution in [3.05, 3.63) is 30.1 Å². The molecule has 2 rings (SSSR count). The zero-order valence-electron chi connectivity index (χ0n) is 17.5. The van der Waals surface area contributed by atoms with Crippen molar-refractivity contribution in [3.63, 3.8) is 0 Å². The van der Waals surface area contributed by atoms with Gasteiger partial charge in [-0.25, -0.2) is 4.39 Å². The lowest BCUT2D eigenvalue weighted by Gasteiger charge is -2.42. The number of carbonyl (C=O) groups excluding carboxylic acids is 2. The van der Waals surface area contributed by atoms with Gasteiger partial charge in [0.25, 0.3) is 0 Å². The molecule has 0 unspecified atom stereocenters. The van der Waals surface area contributed by atoms with E-state index in [2.05, 4.69) is 10.1 Å². The number of benzene rings is 1. The molecular weight excluding hydrogens is 416 g/mol. The summed E-state index contributed by atoms with van der Waals surface area (Å²) in [5.41, 5.74) is 0.649. The van der Waals surface area contributed by atoms with E-state index in [1.165, 1.54) is 24.3 Å². The highest BCUT2D eigenvalue weighted by atomic mass is 19.3. The fraction of sp³-hybridized carbons (Fsp3) is 0.600. The summed E-state index contributed by atoms with van der Waals surface area (Å²) in [7, 11) is -1.83. The lowest BCUT2D eigenvalue weighted by Crippen LogP contribution is -2.54. The van der Waals surface area contributed by atoms with E-state index in [1.807, 2.05) is 13.8 Å². The Morgan fingerprint density at radius 1 is 1.26 bits per heavy atom. The number of alkyl halides is 2. The molecule has 1 aliphatic rings. The fourth-order valence-electron chi connectivity index (χ4n) is 3.52. The van der Waals surface area contributed by atoms with Crippen LogP contribution in [0.15, 0.2) is 24.3 Å². The van der Waals surface area contributed by atoms with Gasteiger partial charge in [-0.2, -0.15) is 8.78 Å². The number of halogens is 3. The minimum Gasteiger partial charge on any atom is -0.426 e. The molecule has 0 saturated carbocycles. The molecule has 11 heteroatoms. The van der Waals surface area contributed by atoms with Crippen LogP contribution in [0.3, 0.4) is 0 Å². The highest BCUT2D eigenvalue weighted by molar-refractivity contribution is 6.43. The second kappa shape index (κ2) is 11.5. The van der Waals surface area contributed by atoms with Crippen molar-refractivity contribution < 1.29 is 37.5 Å². The first-order chi connectivity index (χ1) is 14.6. The van der Waals surface area contributed by atoms with Crippen LogP contribution in [0, 0.1) is 17.7 Å². The number of hydrogen-bond acceptors (Lipinski definition) is 6. The zero-order valence-corrected chi connectivity index (χ0v) is 17.5. The Morgan fingerprint density at radius 2 is 1.90 bits per heavy atom. The molecule has 0 bridgehead atoms. The molecule has 0 radical (unpaired) electrons. The van der Waals surface area contributed by atoms with Gasteiger partial charge in [0.2, 0.25) is 5.91 Å². The number of rotatable bonds is 12. The Kier molecular flexibility index (Phi) is 9.33. The largest absolute Gasteiger partial charge is 0.475 e. The van der Waals surface area contributed by atoms with E-state index in [9.17, 15) is 32.8 Å². The van der Waals surface area contributed by atoms with Crippen LogP contribution in [0.5, 0.6) is 0 Å². The normalized spacial score (nSPS) is 18.0. The number of ketones is 1. The lowest BCUT2D eigenvalue weighted by atomic mass is 9.74. The molecule has 1 amide bonds. The summed E-state index contributed by atoms with van der Waals surface area (Å²) in [5.74, 6) is -3.70. The first-order valence-corrected chi connectivity index (χ1v) is 10.2. The Bertz CT molecular complexity index is 736. The first-order valence-electron chi connectivity index (χ1n) is 10.2. The van der Waals surface area contributed by atoms with Gasteiger partial charge < -0.3 is 25.0 Å². The fourth-order valence-corrected chi connectivity index (χ4v) is 3.52. The van der Waals surface area contributed by atoms with Gasteiger partial charge in [0.1, 0.15) is 5.82 Å². The van der Waals surface area contributed by atoms with Crippen molar-refractivity contribution in [2.24, 2.45) is 11.8 Å². The summed E-state index contributed by atoms with van der Waals surface area (Å²) < 4.78 is 42.5. The molecule has 31 heavy (non-hydrogen) atoms. The maximum atomic E-state index is 13.1. The molecule has 3 N–H and O–H groups in total. The molecular formula is C20H28BF3N2O5. The number of hydrogen-bond donors (Lipinski definition) is 3. The summed E-state index contributed by atoms with van der Waals surface area (Å²) in [6.07, 6.45) is 0.420. The average molecular weight is 444 g/mol. The number of anilines is 1. The Balaban J connectivity index is 2.05. The molecule has 0 spiro atoms. The van der Waals surface area contributed by atoms with Crippen molar-refractivity contribution >= 4 is 24.5 Å². The quantitative estimate of drug-likeness (QED) is 0.425. The van der Waals surface area contributed by atoms with Gasteiger partial charge in [-0.1, -0.05) is 13.8 Å². The number of Topliss-reactive ketones (excluding diaryl/α,β-unsaturated/α-hetero) is 1. The van der Waals surface area contributed by atoms with Crippen LogP contribution in [0.2, 0.25) is 0 Å². The minimum atomic E-state index is -3.11. The molecule has 1 aromatic carbocycles. The van der Waals surface area contributed by atoms with Crippen molar-refractivity contribution in [1.29, 1.82) is 0 Å². The topological polar surface area (TPSA) is 99.1 Å². The van der Waals surface area contributed by atoms with Crippen LogP contribution < -0.4 is 10.2 Å². The van der Waals surface area contributed by atoms with Gasteiger partial charge in [0, 0.05) is 18.7 Å². The van der Waals surface area contributed by atoms with Gasteiger partial charge in [-0.05, 0) is 43.0 Å². The Morgan fingerprint density at radius 3 is 2.39 bits per heavy atom. The molecule has 1 aromatic rings. The van der Waals surface area contributed by atoms with Crippen molar-refractivity contribution in [2.45, 2.75) is 51.7 Å². The van der Waals surface area contributed by atoms with Gasteiger partial charge in [-0.15, -0.1) is 0 Å². The van der Waals surface area contributed by atoms with Gasteiger partial charge >= 0.3 is 13.7 Å². The van der Waals surface area contributed by atoms with Crippen molar-refractivity contribution in [3.8, 4) is 0 Å². The third kappa shape index (κ3) is 7.51. The van der Waals surface area contributed by atoms with E-state index in [1.54, 1.807) is 4.90 Å². The number of amides is 1. The Hall–Kier alpha value is -2.11. The molecule has 7 nitrogen and oxygen atoms in total.